The molecule has 126 valence electrons. The Hall–Kier alpha value is -2.07. The average Bonchev–Trinajstić information content (AvgIpc) is 3.29. The van der Waals surface area contributed by atoms with E-state index in [-0.39, 0.29) is 11.8 Å². The van der Waals surface area contributed by atoms with Crippen molar-refractivity contribution in [1.82, 2.24) is 10.2 Å². The second-order valence-electron chi connectivity index (χ2n) is 6.95. The molecule has 1 N–H and O–H groups in total. The van der Waals surface area contributed by atoms with Crippen LogP contribution in [0.3, 0.4) is 0 Å². The van der Waals surface area contributed by atoms with Crippen LogP contribution in [0.4, 0.5) is 0 Å². The number of benzene rings is 1. The fraction of sp³-hybridized carbons (Fsp3) is 0.450. The first-order valence-electron chi connectivity index (χ1n) is 8.86. The molecule has 24 heavy (non-hydrogen) atoms. The minimum atomic E-state index is 0.0776. The molecule has 0 unspecified atom stereocenters. The van der Waals surface area contributed by atoms with E-state index in [9.17, 15) is 4.79 Å². The van der Waals surface area contributed by atoms with Crippen LogP contribution in [0.1, 0.15) is 42.4 Å². The van der Waals surface area contributed by atoms with Crippen molar-refractivity contribution in [3.05, 3.63) is 59.5 Å². The summed E-state index contributed by atoms with van der Waals surface area (Å²) in [4.78, 5) is 15.3. The van der Waals surface area contributed by atoms with Crippen LogP contribution in [-0.2, 0) is 11.3 Å². The Morgan fingerprint density at radius 3 is 2.83 bits per heavy atom. The Morgan fingerprint density at radius 2 is 2.08 bits per heavy atom. The fourth-order valence-corrected chi connectivity index (χ4v) is 4.34. The van der Waals surface area contributed by atoms with Gasteiger partial charge in [0.2, 0.25) is 5.91 Å². The molecule has 1 aromatic heterocycles. The monoisotopic (exact) mass is 324 g/mol. The lowest BCUT2D eigenvalue weighted by Gasteiger charge is -2.24. The van der Waals surface area contributed by atoms with Gasteiger partial charge in [0.15, 0.2) is 0 Å². The molecule has 0 radical (unpaired) electrons. The largest absolute Gasteiger partial charge is 0.465 e. The molecule has 2 fully saturated rings. The first-order valence-corrected chi connectivity index (χ1v) is 8.86. The Balaban J connectivity index is 1.46. The van der Waals surface area contributed by atoms with Gasteiger partial charge in [-0.25, -0.2) is 0 Å². The first-order chi connectivity index (χ1) is 11.7. The third kappa shape index (κ3) is 2.86. The predicted molar refractivity (Wildman–Crippen MR) is 92.3 cm³/mol. The number of nitrogens with one attached hydrogen (secondary N) is 1. The topological polar surface area (TPSA) is 45.5 Å². The van der Waals surface area contributed by atoms with Crippen molar-refractivity contribution in [3.8, 4) is 0 Å². The van der Waals surface area contributed by atoms with Crippen LogP contribution in [0, 0.1) is 12.8 Å². The standard InChI is InChI=1S/C20H24N2O2/c1-14-9-10-16(24-14)13-21-20(23)17-12-19(15-6-3-2-4-7-15)22-11-5-8-18(17)22/h2-4,6-7,9-10,17-19H,5,8,11-13H2,1H3,(H,21,23)/t17-,18+,19-/m0/s1. The molecule has 3 atom stereocenters. The number of carbonyl (C=O) groups is 1. The number of carbonyl (C=O) groups excluding carboxylic acids is 1. The number of furan rings is 1. The second-order valence-corrected chi connectivity index (χ2v) is 6.95. The molecule has 3 heterocycles. The number of rotatable bonds is 4. The molecule has 1 amide bonds. The van der Waals surface area contributed by atoms with E-state index in [0.29, 0.717) is 18.6 Å². The molecule has 0 aliphatic carbocycles. The van der Waals surface area contributed by atoms with Crippen molar-refractivity contribution in [2.24, 2.45) is 5.92 Å². The lowest BCUT2D eigenvalue weighted by atomic mass is 9.93. The quantitative estimate of drug-likeness (QED) is 0.937. The molecular weight excluding hydrogens is 300 g/mol. The molecule has 4 heteroatoms. The van der Waals surface area contributed by atoms with E-state index in [4.69, 9.17) is 4.42 Å². The summed E-state index contributed by atoms with van der Waals surface area (Å²) in [5, 5.41) is 3.08. The van der Waals surface area contributed by atoms with Crippen molar-refractivity contribution < 1.29 is 9.21 Å². The minimum Gasteiger partial charge on any atom is -0.465 e. The average molecular weight is 324 g/mol. The second kappa shape index (κ2) is 6.44. The summed E-state index contributed by atoms with van der Waals surface area (Å²) >= 11 is 0. The highest BCUT2D eigenvalue weighted by atomic mass is 16.3. The number of nitrogens with zero attached hydrogens (tertiary/aromatic N) is 1. The van der Waals surface area contributed by atoms with E-state index in [1.165, 1.54) is 12.0 Å². The summed E-state index contributed by atoms with van der Waals surface area (Å²) in [6.45, 7) is 3.50. The van der Waals surface area contributed by atoms with Crippen molar-refractivity contribution >= 4 is 5.91 Å². The molecular formula is C20H24N2O2. The Kier molecular flexibility index (Phi) is 4.15. The summed E-state index contributed by atoms with van der Waals surface area (Å²) in [5.41, 5.74) is 1.33. The van der Waals surface area contributed by atoms with E-state index in [0.717, 1.165) is 30.9 Å². The van der Waals surface area contributed by atoms with Crippen LogP contribution in [0.25, 0.3) is 0 Å². The summed E-state index contributed by atoms with van der Waals surface area (Å²) in [6.07, 6.45) is 3.23. The number of amides is 1. The molecule has 0 spiro atoms. The normalized spacial score (nSPS) is 26.5. The van der Waals surface area contributed by atoms with Gasteiger partial charge < -0.3 is 9.73 Å². The highest BCUT2D eigenvalue weighted by molar-refractivity contribution is 5.80. The van der Waals surface area contributed by atoms with Crippen molar-refractivity contribution in [1.29, 1.82) is 0 Å². The van der Waals surface area contributed by atoms with Gasteiger partial charge in [-0.2, -0.15) is 0 Å². The third-order valence-electron chi connectivity index (χ3n) is 5.44. The van der Waals surface area contributed by atoms with Gasteiger partial charge in [0.25, 0.3) is 0 Å². The Bertz CT molecular complexity index is 709. The van der Waals surface area contributed by atoms with Crippen LogP contribution in [0.2, 0.25) is 0 Å². The van der Waals surface area contributed by atoms with Gasteiger partial charge in [0.05, 0.1) is 12.5 Å². The lowest BCUT2D eigenvalue weighted by molar-refractivity contribution is -0.125. The molecule has 2 saturated heterocycles. The van der Waals surface area contributed by atoms with Crippen molar-refractivity contribution in [2.45, 2.75) is 44.8 Å². The predicted octanol–water partition coefficient (Wildman–Crippen LogP) is 3.43. The maximum absolute atomic E-state index is 12.8. The number of fused-ring (bicyclic) bond motifs is 1. The van der Waals surface area contributed by atoms with E-state index in [2.05, 4.69) is 40.5 Å². The maximum atomic E-state index is 12.8. The molecule has 2 aliphatic heterocycles. The number of hydrogen-bond acceptors (Lipinski definition) is 3. The lowest BCUT2D eigenvalue weighted by Crippen LogP contribution is -2.37. The van der Waals surface area contributed by atoms with Crippen LogP contribution >= 0.6 is 0 Å². The highest BCUT2D eigenvalue weighted by Crippen LogP contribution is 2.44. The van der Waals surface area contributed by atoms with Gasteiger partial charge >= 0.3 is 0 Å². The highest BCUT2D eigenvalue weighted by Gasteiger charge is 2.46. The van der Waals surface area contributed by atoms with E-state index >= 15 is 0 Å². The van der Waals surface area contributed by atoms with Crippen LogP contribution < -0.4 is 5.32 Å². The Morgan fingerprint density at radius 1 is 1.25 bits per heavy atom. The van der Waals surface area contributed by atoms with E-state index < -0.39 is 0 Å². The first kappa shape index (κ1) is 15.5. The van der Waals surface area contributed by atoms with Gasteiger partial charge in [0, 0.05) is 12.1 Å². The molecule has 4 nitrogen and oxygen atoms in total. The molecule has 2 aliphatic rings. The number of hydrogen-bond donors (Lipinski definition) is 1. The van der Waals surface area contributed by atoms with Crippen LogP contribution in [0.5, 0.6) is 0 Å². The zero-order valence-electron chi connectivity index (χ0n) is 14.1. The third-order valence-corrected chi connectivity index (χ3v) is 5.44. The van der Waals surface area contributed by atoms with E-state index in [1.807, 2.05) is 19.1 Å². The van der Waals surface area contributed by atoms with Gasteiger partial charge in [-0.3, -0.25) is 9.69 Å². The smallest absolute Gasteiger partial charge is 0.225 e. The van der Waals surface area contributed by atoms with Gasteiger partial charge in [-0.15, -0.1) is 0 Å². The van der Waals surface area contributed by atoms with Crippen molar-refractivity contribution in [3.63, 3.8) is 0 Å². The van der Waals surface area contributed by atoms with Crippen LogP contribution in [-0.4, -0.2) is 23.4 Å². The summed E-state index contributed by atoms with van der Waals surface area (Å²) < 4.78 is 5.55. The Labute approximate surface area is 142 Å². The van der Waals surface area contributed by atoms with Gasteiger partial charge in [0.1, 0.15) is 11.5 Å². The molecule has 1 aromatic carbocycles. The van der Waals surface area contributed by atoms with E-state index in [1.54, 1.807) is 0 Å². The molecule has 0 saturated carbocycles. The summed E-state index contributed by atoms with van der Waals surface area (Å²) in [5.74, 6) is 1.95. The molecule has 0 bridgehead atoms. The SMILES string of the molecule is Cc1ccc(CNC(=O)[C@H]2C[C@@H](c3ccccc3)N3CCC[C@H]23)o1. The van der Waals surface area contributed by atoms with Gasteiger partial charge in [-0.05, 0) is 50.4 Å². The molecule has 2 aromatic rings. The van der Waals surface area contributed by atoms with Crippen molar-refractivity contribution in [2.75, 3.05) is 6.54 Å². The van der Waals surface area contributed by atoms with Crippen LogP contribution in [0.15, 0.2) is 46.9 Å². The summed E-state index contributed by atoms with van der Waals surface area (Å²) in [7, 11) is 0. The molecule has 4 rings (SSSR count). The zero-order chi connectivity index (χ0) is 16.5. The fourth-order valence-electron chi connectivity index (χ4n) is 4.34. The van der Waals surface area contributed by atoms with Gasteiger partial charge in [-0.1, -0.05) is 30.3 Å². The minimum absolute atomic E-state index is 0.0776. The number of aryl methyl sites for hydroxylation is 1. The summed E-state index contributed by atoms with van der Waals surface area (Å²) in [6, 6.07) is 15.2. The maximum Gasteiger partial charge on any atom is 0.225 e. The zero-order valence-corrected chi connectivity index (χ0v) is 14.1.